The van der Waals surface area contributed by atoms with Gasteiger partial charge in [0.2, 0.25) is 10.0 Å². The molecule has 102 valence electrons. The predicted octanol–water partition coefficient (Wildman–Crippen LogP) is 1.98. The first-order valence-corrected chi connectivity index (χ1v) is 7.58. The molecule has 0 aliphatic rings. The van der Waals surface area contributed by atoms with Gasteiger partial charge in [0.05, 0.1) is 6.10 Å². The smallest absolute Gasteiger partial charge is 0.245 e. The molecule has 0 radical (unpaired) electrons. The summed E-state index contributed by atoms with van der Waals surface area (Å²) in [7, 11) is -2.51. The van der Waals surface area contributed by atoms with Gasteiger partial charge in [-0.15, -0.1) is 0 Å². The van der Waals surface area contributed by atoms with E-state index in [2.05, 4.69) is 15.9 Å². The minimum absolute atomic E-state index is 0.131. The standard InChI is InChI=1S/C11H15BrFNO3S/c1-8(15)5-6-14(2)18(16,17)11-7-9(12)3-4-10(11)13/h3-4,7-8,15H,5-6H2,1-2H3. The van der Waals surface area contributed by atoms with Crippen molar-refractivity contribution in [3.8, 4) is 0 Å². The van der Waals surface area contributed by atoms with Crippen molar-refractivity contribution >= 4 is 26.0 Å². The van der Waals surface area contributed by atoms with Crippen LogP contribution in [0.15, 0.2) is 27.6 Å². The van der Waals surface area contributed by atoms with Gasteiger partial charge in [-0.3, -0.25) is 0 Å². The third-order valence-electron chi connectivity index (χ3n) is 2.44. The van der Waals surface area contributed by atoms with E-state index in [1.807, 2.05) is 0 Å². The van der Waals surface area contributed by atoms with Crippen molar-refractivity contribution < 1.29 is 17.9 Å². The van der Waals surface area contributed by atoms with Crippen LogP contribution in [0.5, 0.6) is 0 Å². The molecule has 0 saturated carbocycles. The number of sulfonamides is 1. The molecule has 0 aliphatic carbocycles. The number of aliphatic hydroxyl groups excluding tert-OH is 1. The molecule has 18 heavy (non-hydrogen) atoms. The molecule has 0 amide bonds. The van der Waals surface area contributed by atoms with Gasteiger partial charge in [0, 0.05) is 18.1 Å². The van der Waals surface area contributed by atoms with Crippen LogP contribution in [0.1, 0.15) is 13.3 Å². The zero-order valence-corrected chi connectivity index (χ0v) is 12.5. The number of nitrogens with zero attached hydrogens (tertiary/aromatic N) is 1. The predicted molar refractivity (Wildman–Crippen MR) is 70.2 cm³/mol. The molecule has 1 aromatic rings. The summed E-state index contributed by atoms with van der Waals surface area (Å²) in [5.41, 5.74) is 0. The number of hydrogen-bond donors (Lipinski definition) is 1. The van der Waals surface area contributed by atoms with Crippen molar-refractivity contribution in [1.29, 1.82) is 0 Å². The zero-order valence-electron chi connectivity index (χ0n) is 10.1. The van der Waals surface area contributed by atoms with Crippen LogP contribution in [0.2, 0.25) is 0 Å². The topological polar surface area (TPSA) is 57.6 Å². The summed E-state index contributed by atoms with van der Waals surface area (Å²) < 4.78 is 39.3. The Morgan fingerprint density at radius 2 is 2.11 bits per heavy atom. The van der Waals surface area contributed by atoms with Gasteiger partial charge in [0.15, 0.2) is 0 Å². The average molecular weight is 340 g/mol. The minimum atomic E-state index is -3.87. The molecule has 0 bridgehead atoms. The van der Waals surface area contributed by atoms with Crippen molar-refractivity contribution in [2.75, 3.05) is 13.6 Å². The highest BCUT2D eigenvalue weighted by Gasteiger charge is 2.24. The molecule has 1 unspecified atom stereocenters. The van der Waals surface area contributed by atoms with Gasteiger partial charge in [0.25, 0.3) is 0 Å². The number of aliphatic hydroxyl groups is 1. The van der Waals surface area contributed by atoms with Crippen LogP contribution in [-0.4, -0.2) is 37.5 Å². The summed E-state index contributed by atoms with van der Waals surface area (Å²) in [5, 5.41) is 9.13. The van der Waals surface area contributed by atoms with Gasteiger partial charge in [-0.05, 0) is 31.5 Å². The zero-order chi connectivity index (χ0) is 13.9. The number of halogens is 2. The summed E-state index contributed by atoms with van der Waals surface area (Å²) >= 11 is 3.11. The summed E-state index contributed by atoms with van der Waals surface area (Å²) in [6.07, 6.45) is -0.305. The van der Waals surface area contributed by atoms with Crippen molar-refractivity contribution in [2.45, 2.75) is 24.3 Å². The van der Waals surface area contributed by atoms with Crippen molar-refractivity contribution in [2.24, 2.45) is 0 Å². The van der Waals surface area contributed by atoms with Gasteiger partial charge < -0.3 is 5.11 Å². The molecule has 4 nitrogen and oxygen atoms in total. The van der Waals surface area contributed by atoms with E-state index >= 15 is 0 Å². The molecule has 0 heterocycles. The lowest BCUT2D eigenvalue weighted by atomic mass is 10.3. The largest absolute Gasteiger partial charge is 0.393 e. The molecule has 0 fully saturated rings. The van der Waals surface area contributed by atoms with Gasteiger partial charge in [-0.25, -0.2) is 17.1 Å². The van der Waals surface area contributed by atoms with E-state index < -0.39 is 21.9 Å². The fourth-order valence-corrected chi connectivity index (χ4v) is 3.12. The lowest BCUT2D eigenvalue weighted by molar-refractivity contribution is 0.177. The first kappa shape index (κ1) is 15.6. The normalized spacial score (nSPS) is 13.9. The van der Waals surface area contributed by atoms with Crippen LogP contribution in [0.4, 0.5) is 4.39 Å². The average Bonchev–Trinajstić information content (AvgIpc) is 2.28. The molecular formula is C11H15BrFNO3S. The third-order valence-corrected chi connectivity index (χ3v) is 4.81. The van der Waals surface area contributed by atoms with Crippen LogP contribution in [-0.2, 0) is 10.0 Å². The number of rotatable bonds is 5. The Balaban J connectivity index is 3.02. The molecule has 0 spiro atoms. The highest BCUT2D eigenvalue weighted by Crippen LogP contribution is 2.22. The van der Waals surface area contributed by atoms with E-state index in [0.29, 0.717) is 10.9 Å². The van der Waals surface area contributed by atoms with Crippen LogP contribution in [0.25, 0.3) is 0 Å². The second-order valence-corrected chi connectivity index (χ2v) is 6.97. The number of benzene rings is 1. The second kappa shape index (κ2) is 6.10. The lowest BCUT2D eigenvalue weighted by Crippen LogP contribution is -2.30. The lowest BCUT2D eigenvalue weighted by Gasteiger charge is -2.18. The van der Waals surface area contributed by atoms with E-state index in [9.17, 15) is 12.8 Å². The highest BCUT2D eigenvalue weighted by atomic mass is 79.9. The molecule has 1 aromatic carbocycles. The summed E-state index contributed by atoms with van der Waals surface area (Å²) in [4.78, 5) is -0.370. The monoisotopic (exact) mass is 339 g/mol. The van der Waals surface area contributed by atoms with Gasteiger partial charge in [-0.1, -0.05) is 15.9 Å². The molecular weight excluding hydrogens is 325 g/mol. The Bertz CT molecular complexity index is 519. The molecule has 0 aromatic heterocycles. The molecule has 7 heteroatoms. The van der Waals surface area contributed by atoms with Crippen LogP contribution in [0, 0.1) is 5.82 Å². The van der Waals surface area contributed by atoms with E-state index in [1.54, 1.807) is 6.92 Å². The van der Waals surface area contributed by atoms with E-state index in [-0.39, 0.29) is 11.4 Å². The molecule has 1 atom stereocenters. The van der Waals surface area contributed by atoms with Gasteiger partial charge in [-0.2, -0.15) is 0 Å². The van der Waals surface area contributed by atoms with Crippen molar-refractivity contribution in [1.82, 2.24) is 4.31 Å². The van der Waals surface area contributed by atoms with Crippen LogP contribution < -0.4 is 0 Å². The molecule has 0 aliphatic heterocycles. The minimum Gasteiger partial charge on any atom is -0.393 e. The Labute approximate surface area is 115 Å². The van der Waals surface area contributed by atoms with Crippen LogP contribution in [0.3, 0.4) is 0 Å². The van der Waals surface area contributed by atoms with Crippen LogP contribution >= 0.6 is 15.9 Å². The highest BCUT2D eigenvalue weighted by molar-refractivity contribution is 9.10. The third kappa shape index (κ3) is 3.74. The van der Waals surface area contributed by atoms with Gasteiger partial charge >= 0.3 is 0 Å². The number of hydrogen-bond acceptors (Lipinski definition) is 3. The summed E-state index contributed by atoms with van der Waals surface area (Å²) in [6, 6.07) is 3.76. The van der Waals surface area contributed by atoms with E-state index in [0.717, 1.165) is 10.4 Å². The van der Waals surface area contributed by atoms with E-state index in [1.165, 1.54) is 19.2 Å². The molecule has 1 N–H and O–H groups in total. The Morgan fingerprint density at radius 1 is 1.50 bits per heavy atom. The second-order valence-electron chi connectivity index (χ2n) is 4.04. The summed E-state index contributed by atoms with van der Waals surface area (Å²) in [6.45, 7) is 1.70. The first-order chi connectivity index (χ1) is 8.25. The fraction of sp³-hybridized carbons (Fsp3) is 0.455. The summed E-state index contributed by atoms with van der Waals surface area (Å²) in [5.74, 6) is -0.790. The fourth-order valence-electron chi connectivity index (χ4n) is 1.33. The maximum Gasteiger partial charge on any atom is 0.245 e. The maximum absolute atomic E-state index is 13.5. The molecule has 0 saturated heterocycles. The molecule has 1 rings (SSSR count). The first-order valence-electron chi connectivity index (χ1n) is 5.34. The Morgan fingerprint density at radius 3 is 2.67 bits per heavy atom. The Hall–Kier alpha value is -0.500. The van der Waals surface area contributed by atoms with Gasteiger partial charge in [0.1, 0.15) is 10.7 Å². The quantitative estimate of drug-likeness (QED) is 0.892. The maximum atomic E-state index is 13.5. The van der Waals surface area contributed by atoms with Crippen molar-refractivity contribution in [3.63, 3.8) is 0 Å². The van der Waals surface area contributed by atoms with E-state index in [4.69, 9.17) is 5.11 Å². The SMILES string of the molecule is CC(O)CCN(C)S(=O)(=O)c1cc(Br)ccc1F. The Kier molecular flexibility index (Phi) is 5.27. The van der Waals surface area contributed by atoms with Crippen molar-refractivity contribution in [3.05, 3.63) is 28.5 Å².